The van der Waals surface area contributed by atoms with Gasteiger partial charge in [-0.05, 0) is 45.0 Å². The topological polar surface area (TPSA) is 75.9 Å². The van der Waals surface area contributed by atoms with Crippen molar-refractivity contribution in [3.63, 3.8) is 0 Å². The molecule has 0 N–H and O–H groups in total. The Balaban J connectivity index is 1.52. The minimum atomic E-state index is -4.65. The molecule has 0 bridgehead atoms. The zero-order valence-electron chi connectivity index (χ0n) is 23.2. The first kappa shape index (κ1) is 29.9. The molecule has 0 aliphatic carbocycles. The molecule has 2 aromatic rings. The molecule has 2 fully saturated rings. The van der Waals surface area contributed by atoms with E-state index in [1.165, 1.54) is 23.1 Å². The van der Waals surface area contributed by atoms with Crippen molar-refractivity contribution in [2.24, 2.45) is 0 Å². The number of hydrogen-bond acceptors (Lipinski definition) is 7. The van der Waals surface area contributed by atoms with Gasteiger partial charge in [0.1, 0.15) is 18.2 Å². The number of likely N-dealkylation sites (tertiary alicyclic amines) is 1. The number of rotatable bonds is 6. The molecule has 5 rings (SSSR count). The first-order valence-electron chi connectivity index (χ1n) is 13.8. The van der Waals surface area contributed by atoms with Crippen molar-refractivity contribution in [2.45, 2.75) is 38.0 Å². The first-order valence-corrected chi connectivity index (χ1v) is 14.2. The lowest BCUT2D eigenvalue weighted by Crippen LogP contribution is -2.49. The Morgan fingerprint density at radius 2 is 1.93 bits per heavy atom. The summed E-state index contributed by atoms with van der Waals surface area (Å²) in [7, 11) is 2.01. The second-order valence-electron chi connectivity index (χ2n) is 10.8. The van der Waals surface area contributed by atoms with Crippen LogP contribution in [0.3, 0.4) is 0 Å². The van der Waals surface area contributed by atoms with Crippen molar-refractivity contribution in [3.05, 3.63) is 58.0 Å². The first-order chi connectivity index (χ1) is 20.0. The largest absolute Gasteiger partial charge is 0.475 e. The predicted octanol–water partition coefficient (Wildman–Crippen LogP) is 4.79. The lowest BCUT2D eigenvalue weighted by molar-refractivity contribution is -0.137. The molecule has 224 valence electrons. The molecular formula is C29H31ClF4N6O2. The van der Waals surface area contributed by atoms with Crippen LogP contribution in [0.2, 0.25) is 5.02 Å². The molecule has 1 amide bonds. The van der Waals surface area contributed by atoms with E-state index in [2.05, 4.69) is 17.5 Å². The van der Waals surface area contributed by atoms with Crippen LogP contribution in [0.4, 0.5) is 28.9 Å². The molecule has 3 aliphatic rings. The summed E-state index contributed by atoms with van der Waals surface area (Å²) in [5.41, 5.74) is 1.16. The molecule has 1 aromatic carbocycles. The van der Waals surface area contributed by atoms with E-state index < -0.39 is 23.5 Å². The van der Waals surface area contributed by atoms with Crippen molar-refractivity contribution in [2.75, 3.05) is 62.7 Å². The maximum atomic E-state index is 14.0. The SMILES string of the molecule is C=C(F)C(=O)N1CCN(c2c(C#N)c(OCC3CCCN3C)nc3c2CCN(c2cccc(Cl)c2C(F)(F)F)C3)CC1. The van der Waals surface area contributed by atoms with Crippen LogP contribution in [0.5, 0.6) is 5.88 Å². The molecule has 2 saturated heterocycles. The molecule has 8 nitrogen and oxygen atoms in total. The van der Waals surface area contributed by atoms with Crippen molar-refractivity contribution in [3.8, 4) is 11.9 Å². The van der Waals surface area contributed by atoms with Crippen LogP contribution in [0.1, 0.15) is 35.2 Å². The Kier molecular flexibility index (Phi) is 8.53. The molecule has 42 heavy (non-hydrogen) atoms. The van der Waals surface area contributed by atoms with Gasteiger partial charge in [-0.2, -0.15) is 18.4 Å². The second kappa shape index (κ2) is 12.0. The third-order valence-electron chi connectivity index (χ3n) is 8.22. The van der Waals surface area contributed by atoms with Crippen LogP contribution >= 0.6 is 11.6 Å². The Morgan fingerprint density at radius 3 is 2.55 bits per heavy atom. The number of carbonyl (C=O) groups is 1. The van der Waals surface area contributed by atoms with Crippen molar-refractivity contribution >= 4 is 28.9 Å². The summed E-state index contributed by atoms with van der Waals surface area (Å²) in [5, 5.41) is 9.91. The highest BCUT2D eigenvalue weighted by Gasteiger charge is 2.39. The van der Waals surface area contributed by atoms with E-state index in [0.717, 1.165) is 24.9 Å². The van der Waals surface area contributed by atoms with Gasteiger partial charge in [0.15, 0.2) is 5.83 Å². The van der Waals surface area contributed by atoms with E-state index in [1.807, 2.05) is 11.9 Å². The minimum Gasteiger partial charge on any atom is -0.475 e. The van der Waals surface area contributed by atoms with Gasteiger partial charge >= 0.3 is 6.18 Å². The van der Waals surface area contributed by atoms with Gasteiger partial charge in [-0.1, -0.05) is 24.2 Å². The third kappa shape index (κ3) is 5.85. The van der Waals surface area contributed by atoms with E-state index in [0.29, 0.717) is 37.5 Å². The summed E-state index contributed by atoms with van der Waals surface area (Å²) in [6.07, 6.45) is -2.36. The maximum absolute atomic E-state index is 14.0. The molecule has 13 heteroatoms. The van der Waals surface area contributed by atoms with Gasteiger partial charge in [-0.3, -0.25) is 4.79 Å². The van der Waals surface area contributed by atoms with E-state index in [9.17, 15) is 27.6 Å². The average molecular weight is 607 g/mol. The lowest BCUT2D eigenvalue weighted by atomic mass is 9.97. The molecule has 0 saturated carbocycles. The number of pyridine rings is 1. The van der Waals surface area contributed by atoms with Crippen LogP contribution in [0.25, 0.3) is 0 Å². The van der Waals surface area contributed by atoms with Gasteiger partial charge in [0.25, 0.3) is 5.91 Å². The maximum Gasteiger partial charge on any atom is 0.419 e. The van der Waals surface area contributed by atoms with Gasteiger partial charge in [0.2, 0.25) is 5.88 Å². The smallest absolute Gasteiger partial charge is 0.419 e. The van der Waals surface area contributed by atoms with Gasteiger partial charge < -0.3 is 24.3 Å². The van der Waals surface area contributed by atoms with Crippen LogP contribution in [0.15, 0.2) is 30.6 Å². The number of anilines is 2. The number of amides is 1. The molecule has 4 heterocycles. The number of nitrogens with zero attached hydrogens (tertiary/aromatic N) is 6. The zero-order valence-corrected chi connectivity index (χ0v) is 23.9. The number of carbonyl (C=O) groups excluding carboxylic acids is 1. The van der Waals surface area contributed by atoms with Gasteiger partial charge in [-0.25, -0.2) is 9.37 Å². The summed E-state index contributed by atoms with van der Waals surface area (Å²) in [4.78, 5) is 23.9. The van der Waals surface area contributed by atoms with Crippen LogP contribution in [-0.2, 0) is 23.9 Å². The fourth-order valence-electron chi connectivity index (χ4n) is 6.02. The summed E-state index contributed by atoms with van der Waals surface area (Å²) < 4.78 is 61.6. The number of hydrogen-bond donors (Lipinski definition) is 0. The number of alkyl halides is 3. The quantitative estimate of drug-likeness (QED) is 0.346. The average Bonchev–Trinajstić information content (AvgIpc) is 3.38. The number of fused-ring (bicyclic) bond motifs is 1. The molecule has 1 aromatic heterocycles. The Labute approximate surface area is 246 Å². The molecule has 0 spiro atoms. The van der Waals surface area contributed by atoms with Gasteiger partial charge in [-0.15, -0.1) is 0 Å². The summed E-state index contributed by atoms with van der Waals surface area (Å²) in [5.74, 6) is -1.67. The molecular weight excluding hydrogens is 576 g/mol. The number of likely N-dealkylation sites (N-methyl/N-ethyl adjacent to an activating group) is 1. The summed E-state index contributed by atoms with van der Waals surface area (Å²) in [6, 6.07) is 6.50. The number of piperazine rings is 1. The van der Waals surface area contributed by atoms with Crippen LogP contribution in [0, 0.1) is 11.3 Å². The number of aromatic nitrogens is 1. The van der Waals surface area contributed by atoms with E-state index in [4.69, 9.17) is 21.3 Å². The third-order valence-corrected chi connectivity index (χ3v) is 8.54. The van der Waals surface area contributed by atoms with Crippen LogP contribution in [-0.4, -0.2) is 79.7 Å². The lowest BCUT2D eigenvalue weighted by Gasteiger charge is -2.39. The van der Waals surface area contributed by atoms with Crippen molar-refractivity contribution < 1.29 is 27.1 Å². The van der Waals surface area contributed by atoms with Crippen LogP contribution < -0.4 is 14.5 Å². The molecule has 0 radical (unpaired) electrons. The van der Waals surface area contributed by atoms with E-state index >= 15 is 0 Å². The molecule has 3 aliphatic heterocycles. The van der Waals surface area contributed by atoms with E-state index in [-0.39, 0.29) is 54.4 Å². The monoisotopic (exact) mass is 606 g/mol. The number of nitriles is 1. The van der Waals surface area contributed by atoms with Gasteiger partial charge in [0.05, 0.1) is 34.2 Å². The summed E-state index contributed by atoms with van der Waals surface area (Å²) in [6.45, 7) is 5.72. The highest BCUT2D eigenvalue weighted by atomic mass is 35.5. The second-order valence-corrected chi connectivity index (χ2v) is 11.2. The molecule has 1 atom stereocenters. The zero-order chi connectivity index (χ0) is 30.2. The fourth-order valence-corrected chi connectivity index (χ4v) is 6.30. The fraction of sp³-hybridized carbons (Fsp3) is 0.483. The number of halogens is 5. The minimum absolute atomic E-state index is 0.0398. The Hall–Kier alpha value is -3.56. The Bertz CT molecular complexity index is 1420. The van der Waals surface area contributed by atoms with Crippen molar-refractivity contribution in [1.29, 1.82) is 5.26 Å². The van der Waals surface area contributed by atoms with Gasteiger partial charge in [0, 0.05) is 44.3 Å². The van der Waals surface area contributed by atoms with Crippen molar-refractivity contribution in [1.82, 2.24) is 14.8 Å². The predicted molar refractivity (Wildman–Crippen MR) is 150 cm³/mol. The molecule has 1 unspecified atom stereocenters. The Morgan fingerprint density at radius 1 is 1.19 bits per heavy atom. The number of benzene rings is 1. The number of ether oxygens (including phenoxy) is 1. The standard InChI is InChI=1S/C29H31ClF4N6O2/c1-18(31)28(41)39-13-11-38(12-14-39)26-20-8-10-40(24-7-3-6-22(30)25(24)29(32,33)34)16-23(20)36-27(21(26)15-35)42-17-19-5-4-9-37(19)2/h3,6-7,19H,1,4-5,8-14,16-17H2,2H3. The normalized spacial score (nSPS) is 19.5. The highest BCUT2D eigenvalue weighted by Crippen LogP contribution is 2.44. The van der Waals surface area contributed by atoms with E-state index in [1.54, 1.807) is 4.90 Å². The summed E-state index contributed by atoms with van der Waals surface area (Å²) >= 11 is 6.01. The highest BCUT2D eigenvalue weighted by molar-refractivity contribution is 6.31.